The van der Waals surface area contributed by atoms with Crippen LogP contribution in [0.1, 0.15) is 11.1 Å². The van der Waals surface area contributed by atoms with Gasteiger partial charge in [-0.2, -0.15) is 0 Å². The molecule has 0 radical (unpaired) electrons. The summed E-state index contributed by atoms with van der Waals surface area (Å²) >= 11 is 7.68. The van der Waals surface area contributed by atoms with Crippen molar-refractivity contribution < 1.29 is 8.78 Å². The number of nitrogens with two attached hydrogens (primary N) is 1. The molecule has 30 heavy (non-hydrogen) atoms. The van der Waals surface area contributed by atoms with Crippen LogP contribution in [0, 0.1) is 0 Å². The number of anilines is 1. The molecule has 9 heteroatoms. The van der Waals surface area contributed by atoms with E-state index in [1.54, 1.807) is 18.2 Å². The molecule has 0 aliphatic heterocycles. The Balaban J connectivity index is 1.68. The van der Waals surface area contributed by atoms with Crippen molar-refractivity contribution in [2.24, 2.45) is 0 Å². The molecule has 4 aromatic rings. The van der Waals surface area contributed by atoms with Crippen molar-refractivity contribution in [3.05, 3.63) is 71.0 Å². The molecule has 0 atom stereocenters. The van der Waals surface area contributed by atoms with Gasteiger partial charge < -0.3 is 10.3 Å². The maximum atomic E-state index is 12.8. The molecule has 2 aromatic heterocycles. The van der Waals surface area contributed by atoms with Crippen LogP contribution < -0.4 is 5.73 Å². The van der Waals surface area contributed by atoms with Gasteiger partial charge in [0, 0.05) is 22.9 Å². The van der Waals surface area contributed by atoms with Crippen LogP contribution in [-0.4, -0.2) is 25.9 Å². The Hall–Kier alpha value is -2.71. The zero-order chi connectivity index (χ0) is 21.1. The van der Waals surface area contributed by atoms with Crippen LogP contribution in [0.15, 0.2) is 64.9 Å². The fourth-order valence-electron chi connectivity index (χ4n) is 3.17. The Kier molecular flexibility index (Phi) is 6.15. The van der Waals surface area contributed by atoms with Gasteiger partial charge in [0.25, 0.3) is 0 Å². The molecule has 0 fully saturated rings. The van der Waals surface area contributed by atoms with E-state index in [9.17, 15) is 8.78 Å². The third-order valence-corrected chi connectivity index (χ3v) is 5.94. The number of hydrogen-bond acceptors (Lipinski definition) is 5. The average molecular weight is 446 g/mol. The minimum atomic E-state index is -2.39. The summed E-state index contributed by atoms with van der Waals surface area (Å²) in [6.45, 7) is 0.579. The van der Waals surface area contributed by atoms with Gasteiger partial charge in [0.05, 0.1) is 0 Å². The van der Waals surface area contributed by atoms with Crippen molar-refractivity contribution in [1.82, 2.24) is 19.5 Å². The van der Waals surface area contributed by atoms with Crippen LogP contribution in [0.2, 0.25) is 5.02 Å². The lowest BCUT2D eigenvalue weighted by molar-refractivity contribution is 0.149. The summed E-state index contributed by atoms with van der Waals surface area (Å²) in [7, 11) is 0. The molecule has 154 valence electrons. The molecule has 0 aliphatic carbocycles. The summed E-state index contributed by atoms with van der Waals surface area (Å²) in [5, 5.41) is 1.36. The zero-order valence-electron chi connectivity index (χ0n) is 15.8. The Morgan fingerprint density at radius 2 is 1.93 bits per heavy atom. The SMILES string of the molecule is Nc1ncnc2c1nc(Sc1cccc(CC(F)F)c1)n2CCc1ccccc1Cl. The van der Waals surface area contributed by atoms with Gasteiger partial charge in [-0.25, -0.2) is 23.7 Å². The molecule has 0 unspecified atom stereocenters. The van der Waals surface area contributed by atoms with Crippen molar-refractivity contribution in [3.63, 3.8) is 0 Å². The van der Waals surface area contributed by atoms with Gasteiger partial charge in [0.2, 0.25) is 6.43 Å². The first-order valence-corrected chi connectivity index (χ1v) is 10.5. The Bertz CT molecular complexity index is 1180. The Morgan fingerprint density at radius 3 is 2.73 bits per heavy atom. The van der Waals surface area contributed by atoms with E-state index in [0.717, 1.165) is 10.5 Å². The standard InChI is InChI=1S/C21H18ClF2N5S/c22-16-7-2-1-5-14(16)8-9-29-20-18(19(25)26-12-27-20)28-21(29)30-15-6-3-4-13(10-15)11-17(23)24/h1-7,10,12,17H,8-9,11H2,(H2,25,26,27). The highest BCUT2D eigenvalue weighted by Gasteiger charge is 2.17. The molecule has 2 aromatic carbocycles. The average Bonchev–Trinajstić information content (AvgIpc) is 3.06. The van der Waals surface area contributed by atoms with Crippen LogP contribution in [-0.2, 0) is 19.4 Å². The van der Waals surface area contributed by atoms with E-state index in [4.69, 9.17) is 17.3 Å². The predicted octanol–water partition coefficient (Wildman–Crippen LogP) is 5.26. The first kappa shape index (κ1) is 20.6. The molecule has 2 heterocycles. The van der Waals surface area contributed by atoms with E-state index in [0.29, 0.717) is 45.7 Å². The number of rotatable bonds is 7. The Labute approximate surface area is 181 Å². The minimum absolute atomic E-state index is 0.282. The number of alkyl halides is 2. The zero-order valence-corrected chi connectivity index (χ0v) is 17.4. The second-order valence-electron chi connectivity index (χ2n) is 6.66. The molecule has 0 saturated carbocycles. The molecule has 0 spiro atoms. The van der Waals surface area contributed by atoms with Crippen LogP contribution in [0.5, 0.6) is 0 Å². The first-order valence-electron chi connectivity index (χ1n) is 9.26. The predicted molar refractivity (Wildman–Crippen MR) is 115 cm³/mol. The molecule has 0 amide bonds. The van der Waals surface area contributed by atoms with Crippen molar-refractivity contribution in [2.45, 2.75) is 35.9 Å². The highest BCUT2D eigenvalue weighted by atomic mass is 35.5. The number of imidazole rings is 1. The molecule has 0 bridgehead atoms. The Morgan fingerprint density at radius 1 is 1.10 bits per heavy atom. The lowest BCUT2D eigenvalue weighted by atomic mass is 10.1. The second kappa shape index (κ2) is 8.97. The highest BCUT2D eigenvalue weighted by molar-refractivity contribution is 7.99. The van der Waals surface area contributed by atoms with E-state index in [1.807, 2.05) is 34.9 Å². The summed E-state index contributed by atoms with van der Waals surface area (Å²) in [5.41, 5.74) is 8.73. The number of hydrogen-bond donors (Lipinski definition) is 1. The van der Waals surface area contributed by atoms with Gasteiger partial charge in [-0.05, 0) is 35.7 Å². The molecule has 5 nitrogen and oxygen atoms in total. The lowest BCUT2D eigenvalue weighted by Crippen LogP contribution is -2.05. The normalized spacial score (nSPS) is 11.5. The molecule has 4 rings (SSSR count). The van der Waals surface area contributed by atoms with Crippen molar-refractivity contribution in [3.8, 4) is 0 Å². The third-order valence-electron chi connectivity index (χ3n) is 4.59. The van der Waals surface area contributed by atoms with E-state index in [1.165, 1.54) is 18.1 Å². The largest absolute Gasteiger partial charge is 0.382 e. The van der Waals surface area contributed by atoms with E-state index in [2.05, 4.69) is 15.0 Å². The topological polar surface area (TPSA) is 69.6 Å². The van der Waals surface area contributed by atoms with Crippen LogP contribution in [0.3, 0.4) is 0 Å². The fraction of sp³-hybridized carbons (Fsp3) is 0.190. The fourth-order valence-corrected chi connectivity index (χ4v) is 4.39. The van der Waals surface area contributed by atoms with Crippen molar-refractivity contribution >= 4 is 40.3 Å². The maximum absolute atomic E-state index is 12.8. The van der Waals surface area contributed by atoms with Gasteiger partial charge in [-0.1, -0.05) is 53.7 Å². The molecule has 0 aliphatic rings. The van der Waals surface area contributed by atoms with E-state index < -0.39 is 6.43 Å². The number of nitrogens with zero attached hydrogens (tertiary/aromatic N) is 4. The number of nitrogen functional groups attached to an aromatic ring is 1. The monoisotopic (exact) mass is 445 g/mol. The van der Waals surface area contributed by atoms with Gasteiger partial charge in [0.1, 0.15) is 6.33 Å². The number of benzene rings is 2. The highest BCUT2D eigenvalue weighted by Crippen LogP contribution is 2.32. The van der Waals surface area contributed by atoms with Gasteiger partial charge in [-0.15, -0.1) is 0 Å². The molecular formula is C21H18ClF2N5S. The van der Waals surface area contributed by atoms with Gasteiger partial charge >= 0.3 is 0 Å². The summed E-state index contributed by atoms with van der Waals surface area (Å²) in [4.78, 5) is 13.8. The molecule has 0 saturated heterocycles. The number of halogens is 3. The van der Waals surface area contributed by atoms with Gasteiger partial charge in [-0.3, -0.25) is 0 Å². The van der Waals surface area contributed by atoms with Crippen LogP contribution >= 0.6 is 23.4 Å². The quantitative estimate of drug-likeness (QED) is 0.420. The number of fused-ring (bicyclic) bond motifs is 1. The summed E-state index contributed by atoms with van der Waals surface area (Å²) in [5.74, 6) is 0.296. The minimum Gasteiger partial charge on any atom is -0.382 e. The lowest BCUT2D eigenvalue weighted by Gasteiger charge is -2.10. The maximum Gasteiger partial charge on any atom is 0.242 e. The molecule has 2 N–H and O–H groups in total. The number of aryl methyl sites for hydroxylation is 2. The smallest absolute Gasteiger partial charge is 0.242 e. The van der Waals surface area contributed by atoms with Crippen molar-refractivity contribution in [1.29, 1.82) is 0 Å². The summed E-state index contributed by atoms with van der Waals surface area (Å²) < 4.78 is 27.5. The van der Waals surface area contributed by atoms with Gasteiger partial charge in [0.15, 0.2) is 22.1 Å². The van der Waals surface area contributed by atoms with Crippen LogP contribution in [0.25, 0.3) is 11.2 Å². The number of aromatic nitrogens is 4. The molecular weight excluding hydrogens is 428 g/mol. The van der Waals surface area contributed by atoms with Crippen LogP contribution in [0.4, 0.5) is 14.6 Å². The first-order chi connectivity index (χ1) is 14.5. The third kappa shape index (κ3) is 4.55. The van der Waals surface area contributed by atoms with E-state index >= 15 is 0 Å². The summed E-state index contributed by atoms with van der Waals surface area (Å²) in [6.07, 6.45) is -0.590. The summed E-state index contributed by atoms with van der Waals surface area (Å²) in [6, 6.07) is 14.7. The van der Waals surface area contributed by atoms with Crippen molar-refractivity contribution in [2.75, 3.05) is 5.73 Å². The second-order valence-corrected chi connectivity index (χ2v) is 8.11. The van der Waals surface area contributed by atoms with E-state index in [-0.39, 0.29) is 6.42 Å².